The average Bonchev–Trinajstić information content (AvgIpc) is 2.33. The third-order valence-electron chi connectivity index (χ3n) is 2.28. The number of rotatable bonds is 6. The maximum absolute atomic E-state index is 11.6. The number of hydrogen-bond donors (Lipinski definition) is 2. The van der Waals surface area contributed by atoms with Crippen LogP contribution in [-0.4, -0.2) is 29.1 Å². The lowest BCUT2D eigenvalue weighted by Crippen LogP contribution is -2.24. The van der Waals surface area contributed by atoms with E-state index in [1.54, 1.807) is 0 Å². The number of nitrogens with one attached hydrogen (secondary N) is 1. The molecule has 0 heterocycles. The predicted molar refractivity (Wildman–Crippen MR) is 66.8 cm³/mol. The van der Waals surface area contributed by atoms with E-state index in [0.29, 0.717) is 19.4 Å². The molecule has 1 aromatic carbocycles. The van der Waals surface area contributed by atoms with Crippen LogP contribution < -0.4 is 5.32 Å². The highest BCUT2D eigenvalue weighted by molar-refractivity contribution is 6.33. The van der Waals surface area contributed by atoms with Crippen molar-refractivity contribution in [3.8, 4) is 0 Å². The number of aliphatic hydroxyl groups excluding tert-OH is 1. The Balaban J connectivity index is 2.64. The van der Waals surface area contributed by atoms with Gasteiger partial charge in [-0.2, -0.15) is 0 Å². The third-order valence-corrected chi connectivity index (χ3v) is 2.58. The molecular weight excluding hydrogens is 260 g/mol. The van der Waals surface area contributed by atoms with Gasteiger partial charge in [-0.05, 0) is 25.0 Å². The van der Waals surface area contributed by atoms with Crippen molar-refractivity contribution in [2.24, 2.45) is 0 Å². The van der Waals surface area contributed by atoms with Crippen LogP contribution in [0.1, 0.15) is 23.2 Å². The molecule has 98 valence electrons. The third kappa shape index (κ3) is 3.97. The van der Waals surface area contributed by atoms with Gasteiger partial charge in [0.2, 0.25) is 0 Å². The van der Waals surface area contributed by atoms with Gasteiger partial charge in [0, 0.05) is 24.8 Å². The highest BCUT2D eigenvalue weighted by atomic mass is 35.5. The number of nitrogens with zero attached hydrogens (tertiary/aromatic N) is 1. The fourth-order valence-electron chi connectivity index (χ4n) is 1.34. The van der Waals surface area contributed by atoms with E-state index in [-0.39, 0.29) is 28.8 Å². The number of halogens is 1. The molecular formula is C11H13ClN2O4. The molecule has 0 spiro atoms. The summed E-state index contributed by atoms with van der Waals surface area (Å²) in [4.78, 5) is 21.6. The van der Waals surface area contributed by atoms with Crippen molar-refractivity contribution in [2.45, 2.75) is 12.8 Å². The van der Waals surface area contributed by atoms with Gasteiger partial charge in [-0.3, -0.25) is 14.9 Å². The Bertz CT molecular complexity index is 451. The molecule has 7 heteroatoms. The Labute approximate surface area is 109 Å². The van der Waals surface area contributed by atoms with Crippen molar-refractivity contribution < 1.29 is 14.8 Å². The van der Waals surface area contributed by atoms with Crippen molar-refractivity contribution >= 4 is 23.2 Å². The maximum Gasteiger partial charge on any atom is 0.287 e. The lowest BCUT2D eigenvalue weighted by atomic mass is 10.2. The van der Waals surface area contributed by atoms with Crippen molar-refractivity contribution in [3.05, 3.63) is 38.9 Å². The van der Waals surface area contributed by atoms with Gasteiger partial charge in [-0.25, -0.2) is 0 Å². The van der Waals surface area contributed by atoms with Gasteiger partial charge in [0.25, 0.3) is 11.6 Å². The number of benzene rings is 1. The number of unbranched alkanes of at least 4 members (excludes halogenated alkanes) is 1. The highest BCUT2D eigenvalue weighted by Crippen LogP contribution is 2.24. The zero-order chi connectivity index (χ0) is 13.5. The fraction of sp³-hybridized carbons (Fsp3) is 0.364. The molecule has 0 saturated carbocycles. The monoisotopic (exact) mass is 272 g/mol. The molecule has 0 aliphatic rings. The van der Waals surface area contributed by atoms with Crippen LogP contribution in [0.5, 0.6) is 0 Å². The quantitative estimate of drug-likeness (QED) is 0.469. The Hall–Kier alpha value is -1.66. The van der Waals surface area contributed by atoms with Crippen molar-refractivity contribution in [1.29, 1.82) is 0 Å². The Morgan fingerprint density at radius 3 is 2.72 bits per heavy atom. The van der Waals surface area contributed by atoms with Crippen LogP contribution in [0.2, 0.25) is 5.02 Å². The second-order valence-corrected chi connectivity index (χ2v) is 4.02. The van der Waals surface area contributed by atoms with E-state index in [0.717, 1.165) is 0 Å². The van der Waals surface area contributed by atoms with E-state index in [2.05, 4.69) is 5.32 Å². The zero-order valence-corrected chi connectivity index (χ0v) is 10.3. The number of aliphatic hydroxyl groups is 1. The molecule has 1 aromatic rings. The molecule has 0 aliphatic carbocycles. The number of nitro groups is 1. The lowest BCUT2D eigenvalue weighted by Gasteiger charge is -2.05. The molecule has 0 atom stereocenters. The molecule has 0 aromatic heterocycles. The van der Waals surface area contributed by atoms with Gasteiger partial charge in [-0.15, -0.1) is 0 Å². The van der Waals surface area contributed by atoms with Crippen LogP contribution in [0.25, 0.3) is 0 Å². The minimum absolute atomic E-state index is 0.0667. The summed E-state index contributed by atoms with van der Waals surface area (Å²) in [6.07, 6.45) is 1.28. The van der Waals surface area contributed by atoms with Crippen molar-refractivity contribution in [2.75, 3.05) is 13.2 Å². The number of amides is 1. The normalized spacial score (nSPS) is 10.1. The number of carbonyl (C=O) groups is 1. The number of nitro benzene ring substituents is 1. The Morgan fingerprint density at radius 1 is 1.44 bits per heavy atom. The Kier molecular flexibility index (Phi) is 5.54. The van der Waals surface area contributed by atoms with Crippen molar-refractivity contribution in [3.63, 3.8) is 0 Å². The first kappa shape index (κ1) is 14.4. The second-order valence-electron chi connectivity index (χ2n) is 3.61. The lowest BCUT2D eigenvalue weighted by molar-refractivity contribution is -0.384. The summed E-state index contributed by atoms with van der Waals surface area (Å²) in [5.41, 5.74) is 0.0445. The largest absolute Gasteiger partial charge is 0.396 e. The van der Waals surface area contributed by atoms with Crippen LogP contribution in [0.4, 0.5) is 5.69 Å². The molecule has 0 bridgehead atoms. The SMILES string of the molecule is O=C(NCCCCO)c1ccc([N+](=O)[O-])c(Cl)c1. The average molecular weight is 273 g/mol. The summed E-state index contributed by atoms with van der Waals surface area (Å²) in [7, 11) is 0. The topological polar surface area (TPSA) is 92.5 Å². The van der Waals surface area contributed by atoms with Crippen LogP contribution in [0.15, 0.2) is 18.2 Å². The van der Waals surface area contributed by atoms with Gasteiger partial charge < -0.3 is 10.4 Å². The van der Waals surface area contributed by atoms with Gasteiger partial charge in [0.1, 0.15) is 5.02 Å². The molecule has 0 radical (unpaired) electrons. The summed E-state index contributed by atoms with van der Waals surface area (Å²) in [6.45, 7) is 0.521. The first-order chi connectivity index (χ1) is 8.56. The van der Waals surface area contributed by atoms with Crippen LogP contribution in [-0.2, 0) is 0 Å². The summed E-state index contributed by atoms with van der Waals surface area (Å²) < 4.78 is 0. The minimum atomic E-state index is -0.606. The first-order valence-corrected chi connectivity index (χ1v) is 5.77. The first-order valence-electron chi connectivity index (χ1n) is 5.39. The summed E-state index contributed by atoms with van der Waals surface area (Å²) in [5, 5.41) is 21.7. The molecule has 0 saturated heterocycles. The molecule has 18 heavy (non-hydrogen) atoms. The molecule has 1 rings (SSSR count). The molecule has 0 unspecified atom stereocenters. The van der Waals surface area contributed by atoms with E-state index in [1.165, 1.54) is 18.2 Å². The van der Waals surface area contributed by atoms with E-state index in [1.807, 2.05) is 0 Å². The summed E-state index contributed by atoms with van der Waals surface area (Å²) >= 11 is 5.70. The van der Waals surface area contributed by atoms with E-state index in [9.17, 15) is 14.9 Å². The van der Waals surface area contributed by atoms with Crippen LogP contribution in [0, 0.1) is 10.1 Å². The van der Waals surface area contributed by atoms with Crippen LogP contribution in [0.3, 0.4) is 0 Å². The zero-order valence-electron chi connectivity index (χ0n) is 9.56. The molecule has 0 aliphatic heterocycles. The predicted octanol–water partition coefficient (Wildman–Crippen LogP) is 1.75. The minimum Gasteiger partial charge on any atom is -0.396 e. The molecule has 1 amide bonds. The smallest absolute Gasteiger partial charge is 0.287 e. The standard InChI is InChI=1S/C11H13ClN2O4/c12-9-7-8(3-4-10(9)14(17)18)11(16)13-5-1-2-6-15/h3-4,7,15H,1-2,5-6H2,(H,13,16). The fourth-order valence-corrected chi connectivity index (χ4v) is 1.59. The second kappa shape index (κ2) is 6.93. The summed E-state index contributed by atoms with van der Waals surface area (Å²) in [5.74, 6) is -0.343. The van der Waals surface area contributed by atoms with E-state index < -0.39 is 4.92 Å². The summed E-state index contributed by atoms with van der Waals surface area (Å²) in [6, 6.07) is 3.82. The highest BCUT2D eigenvalue weighted by Gasteiger charge is 2.14. The van der Waals surface area contributed by atoms with Crippen LogP contribution >= 0.6 is 11.6 Å². The molecule has 0 fully saturated rings. The van der Waals surface area contributed by atoms with E-state index >= 15 is 0 Å². The van der Waals surface area contributed by atoms with Gasteiger partial charge in [0.15, 0.2) is 0 Å². The van der Waals surface area contributed by atoms with Gasteiger partial charge >= 0.3 is 0 Å². The van der Waals surface area contributed by atoms with Gasteiger partial charge in [-0.1, -0.05) is 11.6 Å². The van der Waals surface area contributed by atoms with Crippen molar-refractivity contribution in [1.82, 2.24) is 5.32 Å². The Morgan fingerprint density at radius 2 is 2.17 bits per heavy atom. The number of carbonyl (C=O) groups excluding carboxylic acids is 1. The molecule has 6 nitrogen and oxygen atoms in total. The number of hydrogen-bond acceptors (Lipinski definition) is 4. The van der Waals surface area contributed by atoms with Gasteiger partial charge in [0.05, 0.1) is 4.92 Å². The van der Waals surface area contributed by atoms with E-state index in [4.69, 9.17) is 16.7 Å². The molecule has 2 N–H and O–H groups in total. The maximum atomic E-state index is 11.6.